The Kier molecular flexibility index (Phi) is 7.05. The van der Waals surface area contributed by atoms with Crippen LogP contribution in [-0.2, 0) is 25.0 Å². The highest BCUT2D eigenvalue weighted by molar-refractivity contribution is 5.62. The first-order valence-electron chi connectivity index (χ1n) is 11.7. The molecule has 0 N–H and O–H groups in total. The number of aromatic nitrogens is 1. The van der Waals surface area contributed by atoms with Crippen molar-refractivity contribution < 1.29 is 0 Å². The van der Waals surface area contributed by atoms with Gasteiger partial charge in [-0.1, -0.05) is 99.1 Å². The normalized spacial score (nSPS) is 11.7. The molecule has 0 aliphatic rings. The van der Waals surface area contributed by atoms with Gasteiger partial charge in [-0.25, -0.2) is 0 Å². The van der Waals surface area contributed by atoms with E-state index in [0.717, 1.165) is 19.6 Å². The highest BCUT2D eigenvalue weighted by atomic mass is 15.1. The number of benzene rings is 3. The molecule has 0 unspecified atom stereocenters. The van der Waals surface area contributed by atoms with Gasteiger partial charge < -0.3 is 0 Å². The quantitative estimate of drug-likeness (QED) is 0.298. The molecule has 2 heteroatoms. The monoisotopic (exact) mass is 434 g/mol. The molecular weight excluding hydrogens is 400 g/mol. The summed E-state index contributed by atoms with van der Waals surface area (Å²) in [5.74, 6) is 0. The van der Waals surface area contributed by atoms with Crippen LogP contribution in [0.4, 0.5) is 0 Å². The molecule has 1 heterocycles. The summed E-state index contributed by atoms with van der Waals surface area (Å²) in [5.41, 5.74) is 9.31. The lowest BCUT2D eigenvalue weighted by atomic mass is 9.87. The van der Waals surface area contributed by atoms with Gasteiger partial charge in [0.1, 0.15) is 0 Å². The Labute approximate surface area is 199 Å². The van der Waals surface area contributed by atoms with Crippen molar-refractivity contribution in [3.05, 3.63) is 125 Å². The van der Waals surface area contributed by atoms with Gasteiger partial charge in [-0.05, 0) is 57.9 Å². The van der Waals surface area contributed by atoms with Crippen LogP contribution in [0.15, 0.2) is 97.3 Å². The van der Waals surface area contributed by atoms with Crippen LogP contribution >= 0.6 is 0 Å². The molecule has 1 aromatic heterocycles. The molecule has 4 rings (SSSR count). The third-order valence-electron chi connectivity index (χ3n) is 6.13. The van der Waals surface area contributed by atoms with Crippen molar-refractivity contribution in [3.8, 4) is 11.1 Å². The van der Waals surface area contributed by atoms with E-state index in [1.165, 1.54) is 38.9 Å². The molecule has 0 atom stereocenters. The highest BCUT2D eigenvalue weighted by Gasteiger charge is 2.14. The summed E-state index contributed by atoms with van der Waals surface area (Å²) in [6.45, 7) is 11.7. The van der Waals surface area contributed by atoms with Gasteiger partial charge in [0.15, 0.2) is 0 Å². The van der Waals surface area contributed by atoms with Crippen LogP contribution in [0.25, 0.3) is 11.1 Å². The molecule has 4 aromatic rings. The Hall–Kier alpha value is -3.23. The van der Waals surface area contributed by atoms with Crippen LogP contribution in [0.1, 0.15) is 48.6 Å². The zero-order valence-electron chi connectivity index (χ0n) is 20.3. The van der Waals surface area contributed by atoms with E-state index in [0.29, 0.717) is 0 Å². The summed E-state index contributed by atoms with van der Waals surface area (Å²) in [7, 11) is 0. The molecule has 0 fully saturated rings. The number of aryl methyl sites for hydroxylation is 1. The first-order chi connectivity index (χ1) is 15.9. The lowest BCUT2D eigenvalue weighted by molar-refractivity contribution is 0.247. The largest absolute Gasteiger partial charge is 0.291 e. The average molecular weight is 435 g/mol. The maximum atomic E-state index is 4.12. The van der Waals surface area contributed by atoms with Gasteiger partial charge >= 0.3 is 0 Å². The fourth-order valence-corrected chi connectivity index (χ4v) is 4.09. The second-order valence-corrected chi connectivity index (χ2v) is 10.0. The second kappa shape index (κ2) is 10.1. The smallest absolute Gasteiger partial charge is 0.0273 e. The summed E-state index contributed by atoms with van der Waals surface area (Å²) in [4.78, 5) is 6.65. The van der Waals surface area contributed by atoms with Gasteiger partial charge in [0.05, 0.1) is 0 Å². The molecule has 0 aliphatic carbocycles. The number of rotatable bonds is 7. The lowest BCUT2D eigenvalue weighted by Gasteiger charge is -2.24. The van der Waals surface area contributed by atoms with E-state index in [1.54, 1.807) is 0 Å². The zero-order valence-corrected chi connectivity index (χ0v) is 20.3. The average Bonchev–Trinajstić information content (AvgIpc) is 2.81. The van der Waals surface area contributed by atoms with Gasteiger partial charge in [0.2, 0.25) is 0 Å². The van der Waals surface area contributed by atoms with E-state index < -0.39 is 0 Å². The minimum atomic E-state index is 0.177. The lowest BCUT2D eigenvalue weighted by Crippen LogP contribution is -2.22. The van der Waals surface area contributed by atoms with Gasteiger partial charge in [0, 0.05) is 32.0 Å². The maximum absolute atomic E-state index is 4.12. The van der Waals surface area contributed by atoms with Crippen molar-refractivity contribution in [2.75, 3.05) is 0 Å². The van der Waals surface area contributed by atoms with Gasteiger partial charge in [-0.3, -0.25) is 9.88 Å². The maximum Gasteiger partial charge on any atom is 0.0273 e. The van der Waals surface area contributed by atoms with E-state index in [2.05, 4.69) is 123 Å². The highest BCUT2D eigenvalue weighted by Crippen LogP contribution is 2.24. The fourth-order valence-electron chi connectivity index (χ4n) is 4.09. The van der Waals surface area contributed by atoms with Crippen molar-refractivity contribution in [2.24, 2.45) is 0 Å². The topological polar surface area (TPSA) is 16.1 Å². The van der Waals surface area contributed by atoms with E-state index in [9.17, 15) is 0 Å². The molecule has 0 radical (unpaired) electrons. The molecular formula is C31H34N2. The Bertz CT molecular complexity index is 1140. The summed E-state index contributed by atoms with van der Waals surface area (Å²) >= 11 is 0. The minimum absolute atomic E-state index is 0.177. The number of pyridine rings is 1. The standard InChI is InChI=1S/C31H34N2/c1-24-5-7-25(8-6-24)21-33(23-27-11-15-30(16-12-27)31(2,3)4)22-26-9-13-28(14-10-26)29-17-19-32-20-18-29/h5-20H,21-23H2,1-4H3. The van der Waals surface area contributed by atoms with E-state index >= 15 is 0 Å². The molecule has 0 spiro atoms. The Morgan fingerprint density at radius 1 is 0.576 bits per heavy atom. The summed E-state index contributed by atoms with van der Waals surface area (Å²) in [5, 5.41) is 0. The van der Waals surface area contributed by atoms with E-state index in [-0.39, 0.29) is 5.41 Å². The van der Waals surface area contributed by atoms with Crippen LogP contribution in [0, 0.1) is 6.92 Å². The molecule has 33 heavy (non-hydrogen) atoms. The number of nitrogens with zero attached hydrogens (tertiary/aromatic N) is 2. The van der Waals surface area contributed by atoms with E-state index in [4.69, 9.17) is 0 Å². The van der Waals surface area contributed by atoms with Crippen LogP contribution in [-0.4, -0.2) is 9.88 Å². The fraction of sp³-hybridized carbons (Fsp3) is 0.258. The Morgan fingerprint density at radius 2 is 1.00 bits per heavy atom. The molecule has 0 bridgehead atoms. The molecule has 3 aromatic carbocycles. The summed E-state index contributed by atoms with van der Waals surface area (Å²) in [6.07, 6.45) is 3.69. The van der Waals surface area contributed by atoms with Crippen LogP contribution < -0.4 is 0 Å². The molecule has 168 valence electrons. The van der Waals surface area contributed by atoms with Crippen molar-refractivity contribution in [1.29, 1.82) is 0 Å². The third-order valence-corrected chi connectivity index (χ3v) is 6.13. The Balaban J connectivity index is 1.52. The molecule has 0 saturated carbocycles. The zero-order chi connectivity index (χ0) is 23.3. The van der Waals surface area contributed by atoms with Crippen LogP contribution in [0.5, 0.6) is 0 Å². The number of hydrogen-bond acceptors (Lipinski definition) is 2. The predicted octanol–water partition coefficient (Wildman–Crippen LogP) is 7.56. The van der Waals surface area contributed by atoms with Crippen molar-refractivity contribution in [2.45, 2.75) is 52.7 Å². The van der Waals surface area contributed by atoms with Gasteiger partial charge in [0.25, 0.3) is 0 Å². The first kappa shape index (κ1) is 22.9. The summed E-state index contributed by atoms with van der Waals surface area (Å²) < 4.78 is 0. The SMILES string of the molecule is Cc1ccc(CN(Cc2ccc(-c3ccncc3)cc2)Cc2ccc(C(C)(C)C)cc2)cc1. The van der Waals surface area contributed by atoms with Crippen LogP contribution in [0.2, 0.25) is 0 Å². The molecule has 0 saturated heterocycles. The molecule has 0 aliphatic heterocycles. The van der Waals surface area contributed by atoms with Gasteiger partial charge in [-0.15, -0.1) is 0 Å². The second-order valence-electron chi connectivity index (χ2n) is 10.0. The van der Waals surface area contributed by atoms with Crippen molar-refractivity contribution in [1.82, 2.24) is 9.88 Å². The molecule has 2 nitrogen and oxygen atoms in total. The first-order valence-corrected chi connectivity index (χ1v) is 11.7. The Morgan fingerprint density at radius 3 is 1.48 bits per heavy atom. The minimum Gasteiger partial charge on any atom is -0.291 e. The third kappa shape index (κ3) is 6.40. The number of hydrogen-bond donors (Lipinski definition) is 0. The predicted molar refractivity (Wildman–Crippen MR) is 139 cm³/mol. The van der Waals surface area contributed by atoms with E-state index in [1.807, 2.05) is 12.4 Å². The van der Waals surface area contributed by atoms with Crippen molar-refractivity contribution in [3.63, 3.8) is 0 Å². The van der Waals surface area contributed by atoms with Crippen molar-refractivity contribution >= 4 is 0 Å². The van der Waals surface area contributed by atoms with Gasteiger partial charge in [-0.2, -0.15) is 0 Å². The van der Waals surface area contributed by atoms with Crippen LogP contribution in [0.3, 0.4) is 0 Å². The summed E-state index contributed by atoms with van der Waals surface area (Å²) in [6, 6.07) is 31.1. The molecule has 0 amide bonds.